The Bertz CT molecular complexity index is 823. The van der Waals surface area contributed by atoms with Crippen LogP contribution in [0.5, 0.6) is 0 Å². The molecule has 2 aromatic rings. The second-order valence-corrected chi connectivity index (χ2v) is 7.38. The number of ether oxygens (including phenoxy) is 1. The quantitative estimate of drug-likeness (QED) is 0.351. The number of aliphatic imine (C=N–C) groups is 1. The minimum atomic E-state index is -0.0981. The molecular weight excluding hydrogens is 366 g/mol. The van der Waals surface area contributed by atoms with Gasteiger partial charge in [0.25, 0.3) is 0 Å². The van der Waals surface area contributed by atoms with Gasteiger partial charge in [-0.25, -0.2) is 4.68 Å². The summed E-state index contributed by atoms with van der Waals surface area (Å²) in [4.78, 5) is 18.3. The van der Waals surface area contributed by atoms with Crippen LogP contribution < -0.4 is 5.32 Å². The Hall–Kier alpha value is -2.83. The number of hydrogen-bond donors (Lipinski definition) is 1. The first-order chi connectivity index (χ1) is 14.1. The molecule has 0 spiro atoms. The summed E-state index contributed by atoms with van der Waals surface area (Å²) in [5.41, 5.74) is 3.42. The lowest BCUT2D eigenvalue weighted by Gasteiger charge is -2.33. The number of rotatable bonds is 6. The molecule has 1 N–H and O–H groups in total. The summed E-state index contributed by atoms with van der Waals surface area (Å²) in [5.74, 6) is 0.822. The molecule has 3 rings (SSSR count). The van der Waals surface area contributed by atoms with E-state index in [4.69, 9.17) is 4.74 Å². The maximum absolute atomic E-state index is 11.7. The summed E-state index contributed by atoms with van der Waals surface area (Å²) < 4.78 is 6.81. The van der Waals surface area contributed by atoms with E-state index in [1.807, 2.05) is 29.9 Å². The van der Waals surface area contributed by atoms with E-state index in [0.29, 0.717) is 0 Å². The van der Waals surface area contributed by atoms with Crippen molar-refractivity contribution in [3.63, 3.8) is 0 Å². The van der Waals surface area contributed by atoms with Crippen LogP contribution in [0.4, 0.5) is 0 Å². The molecule has 29 heavy (non-hydrogen) atoms. The SMILES string of the molecule is CN=C(NCCCc1cn(-c2ccccc2)nc1C)N1CCC(C(=O)OC)CC1. The van der Waals surface area contributed by atoms with E-state index in [1.165, 1.54) is 12.7 Å². The molecule has 156 valence electrons. The van der Waals surface area contributed by atoms with Crippen molar-refractivity contribution in [2.45, 2.75) is 32.6 Å². The van der Waals surface area contributed by atoms with Crippen LogP contribution in [0.2, 0.25) is 0 Å². The summed E-state index contributed by atoms with van der Waals surface area (Å²) in [6.07, 6.45) is 5.71. The molecule has 7 heteroatoms. The number of esters is 1. The Labute approximate surface area is 172 Å². The summed E-state index contributed by atoms with van der Waals surface area (Å²) in [6, 6.07) is 10.2. The highest BCUT2D eigenvalue weighted by atomic mass is 16.5. The summed E-state index contributed by atoms with van der Waals surface area (Å²) >= 11 is 0. The number of para-hydroxylation sites is 1. The van der Waals surface area contributed by atoms with Crippen molar-refractivity contribution in [1.29, 1.82) is 0 Å². The number of hydrogen-bond acceptors (Lipinski definition) is 4. The third kappa shape index (κ3) is 5.37. The minimum absolute atomic E-state index is 0.0125. The first kappa shape index (κ1) is 20.9. The molecule has 0 radical (unpaired) electrons. The highest BCUT2D eigenvalue weighted by molar-refractivity contribution is 5.80. The molecule has 1 fully saturated rings. The van der Waals surface area contributed by atoms with Gasteiger partial charge in [-0.3, -0.25) is 9.79 Å². The maximum atomic E-state index is 11.7. The van der Waals surface area contributed by atoms with E-state index in [1.54, 1.807) is 0 Å². The molecule has 0 aliphatic carbocycles. The molecule has 1 aromatic carbocycles. The fraction of sp³-hybridized carbons (Fsp3) is 0.500. The molecule has 1 saturated heterocycles. The number of aromatic nitrogens is 2. The normalized spacial score (nSPS) is 15.4. The van der Waals surface area contributed by atoms with Gasteiger partial charge in [-0.1, -0.05) is 18.2 Å². The van der Waals surface area contributed by atoms with Gasteiger partial charge in [-0.05, 0) is 50.3 Å². The van der Waals surface area contributed by atoms with Gasteiger partial charge in [-0.2, -0.15) is 5.10 Å². The van der Waals surface area contributed by atoms with Crippen LogP contribution in [0.3, 0.4) is 0 Å². The van der Waals surface area contributed by atoms with Gasteiger partial charge in [0, 0.05) is 32.9 Å². The zero-order valence-electron chi connectivity index (χ0n) is 17.6. The number of carbonyl (C=O) groups is 1. The monoisotopic (exact) mass is 397 g/mol. The Morgan fingerprint density at radius 3 is 2.66 bits per heavy atom. The first-order valence-electron chi connectivity index (χ1n) is 10.3. The van der Waals surface area contributed by atoms with E-state index in [9.17, 15) is 4.79 Å². The molecule has 0 bridgehead atoms. The number of methoxy groups -OCH3 is 1. The molecule has 1 aliphatic heterocycles. The van der Waals surface area contributed by atoms with Crippen molar-refractivity contribution >= 4 is 11.9 Å². The molecular formula is C22H31N5O2. The molecule has 7 nitrogen and oxygen atoms in total. The topological polar surface area (TPSA) is 71.8 Å². The molecule has 1 aliphatic rings. The predicted octanol–water partition coefficient (Wildman–Crippen LogP) is 2.57. The second-order valence-electron chi connectivity index (χ2n) is 7.38. The minimum Gasteiger partial charge on any atom is -0.469 e. The van der Waals surface area contributed by atoms with Crippen LogP contribution in [-0.4, -0.2) is 60.4 Å². The predicted molar refractivity (Wildman–Crippen MR) is 114 cm³/mol. The van der Waals surface area contributed by atoms with Crippen molar-refractivity contribution in [3.8, 4) is 5.69 Å². The second kappa shape index (κ2) is 10.1. The van der Waals surface area contributed by atoms with Crippen LogP contribution >= 0.6 is 0 Å². The number of carbonyl (C=O) groups excluding carboxylic acids is 1. The van der Waals surface area contributed by atoms with Gasteiger partial charge in [0.1, 0.15) is 0 Å². The molecule has 0 atom stereocenters. The van der Waals surface area contributed by atoms with E-state index < -0.39 is 0 Å². The van der Waals surface area contributed by atoms with Crippen LogP contribution in [0.1, 0.15) is 30.5 Å². The van der Waals surface area contributed by atoms with Crippen molar-refractivity contribution in [2.24, 2.45) is 10.9 Å². The third-order valence-electron chi connectivity index (χ3n) is 5.47. The molecule has 1 aromatic heterocycles. The molecule has 0 unspecified atom stereocenters. The molecule has 0 amide bonds. The zero-order valence-corrected chi connectivity index (χ0v) is 17.6. The van der Waals surface area contributed by atoms with Gasteiger partial charge in [-0.15, -0.1) is 0 Å². The lowest BCUT2D eigenvalue weighted by atomic mass is 9.97. The highest BCUT2D eigenvalue weighted by Gasteiger charge is 2.26. The summed E-state index contributed by atoms with van der Waals surface area (Å²) in [6.45, 7) is 4.55. The van der Waals surface area contributed by atoms with Gasteiger partial charge in [0.15, 0.2) is 5.96 Å². The zero-order chi connectivity index (χ0) is 20.6. The van der Waals surface area contributed by atoms with Crippen molar-refractivity contribution < 1.29 is 9.53 Å². The largest absolute Gasteiger partial charge is 0.469 e. The van der Waals surface area contributed by atoms with Gasteiger partial charge in [0.05, 0.1) is 24.4 Å². The molecule has 2 heterocycles. The van der Waals surface area contributed by atoms with Crippen LogP contribution in [0.15, 0.2) is 41.5 Å². The standard InChI is InChI=1S/C22H31N5O2/c1-17-19(16-27(25-17)20-9-5-4-6-10-20)8-7-13-24-22(23-2)26-14-11-18(12-15-26)21(28)29-3/h4-6,9-10,16,18H,7-8,11-15H2,1-3H3,(H,23,24). The Balaban J connectivity index is 1.45. The number of aryl methyl sites for hydroxylation is 2. The number of nitrogens with one attached hydrogen (secondary N) is 1. The fourth-order valence-corrected chi connectivity index (χ4v) is 3.76. The first-order valence-corrected chi connectivity index (χ1v) is 10.3. The van der Waals surface area contributed by atoms with E-state index in [2.05, 4.69) is 45.6 Å². The Morgan fingerprint density at radius 1 is 1.28 bits per heavy atom. The van der Waals surface area contributed by atoms with E-state index in [-0.39, 0.29) is 11.9 Å². The number of guanidine groups is 1. The van der Waals surface area contributed by atoms with Crippen molar-refractivity contribution in [1.82, 2.24) is 20.0 Å². The molecule has 0 saturated carbocycles. The lowest BCUT2D eigenvalue weighted by Crippen LogP contribution is -2.46. The average Bonchev–Trinajstić information content (AvgIpc) is 3.14. The van der Waals surface area contributed by atoms with Gasteiger partial charge in [0.2, 0.25) is 0 Å². The average molecular weight is 398 g/mol. The van der Waals surface area contributed by atoms with Gasteiger partial charge >= 0.3 is 5.97 Å². The number of likely N-dealkylation sites (tertiary alicyclic amines) is 1. The summed E-state index contributed by atoms with van der Waals surface area (Å²) in [5, 5.41) is 8.10. The third-order valence-corrected chi connectivity index (χ3v) is 5.47. The van der Waals surface area contributed by atoms with Crippen LogP contribution in [-0.2, 0) is 16.0 Å². The lowest BCUT2D eigenvalue weighted by molar-refractivity contribution is -0.146. The number of piperidine rings is 1. The smallest absolute Gasteiger partial charge is 0.308 e. The number of benzene rings is 1. The van der Waals surface area contributed by atoms with Gasteiger partial charge < -0.3 is 15.0 Å². The van der Waals surface area contributed by atoms with Crippen molar-refractivity contribution in [3.05, 3.63) is 47.8 Å². The van der Waals surface area contributed by atoms with Crippen LogP contribution in [0, 0.1) is 12.8 Å². The summed E-state index contributed by atoms with van der Waals surface area (Å²) in [7, 11) is 3.27. The highest BCUT2D eigenvalue weighted by Crippen LogP contribution is 2.18. The van der Waals surface area contributed by atoms with E-state index >= 15 is 0 Å². The Kier molecular flexibility index (Phi) is 7.27. The number of nitrogens with zero attached hydrogens (tertiary/aromatic N) is 4. The van der Waals surface area contributed by atoms with Crippen LogP contribution in [0.25, 0.3) is 5.69 Å². The maximum Gasteiger partial charge on any atom is 0.308 e. The van der Waals surface area contributed by atoms with E-state index in [0.717, 1.165) is 62.7 Å². The van der Waals surface area contributed by atoms with Crippen molar-refractivity contribution in [2.75, 3.05) is 33.8 Å². The fourth-order valence-electron chi connectivity index (χ4n) is 3.76. The Morgan fingerprint density at radius 2 is 2.00 bits per heavy atom.